The third kappa shape index (κ3) is 1.10. The van der Waals surface area contributed by atoms with Crippen molar-refractivity contribution in [3.05, 3.63) is 30.1 Å². The Morgan fingerprint density at radius 2 is 2.00 bits per heavy atom. The first-order valence-corrected chi connectivity index (χ1v) is 2.44. The highest BCUT2D eigenvalue weighted by molar-refractivity contribution is 5.36. The van der Waals surface area contributed by atoms with E-state index in [1.165, 1.54) is 18.2 Å². The van der Waals surface area contributed by atoms with Crippen LogP contribution < -0.4 is 5.53 Å². The normalized spacial score (nSPS) is 9.00. The second-order valence-electron chi connectivity index (χ2n) is 1.55. The summed E-state index contributed by atoms with van der Waals surface area (Å²) in [6.45, 7) is 0. The number of rotatable bonds is 1. The van der Waals surface area contributed by atoms with Gasteiger partial charge in [0.05, 0.1) is 0 Å². The highest BCUT2D eigenvalue weighted by Crippen LogP contribution is 2.13. The Morgan fingerprint density at radius 3 is 2.44 bits per heavy atom. The fourth-order valence-corrected chi connectivity index (χ4v) is 0.533. The molecule has 2 nitrogen and oxygen atoms in total. The summed E-state index contributed by atoms with van der Waals surface area (Å²) in [6, 6.07) is 5.74. The topological polar surface area (TPSA) is 34.7 Å². The van der Waals surface area contributed by atoms with Crippen molar-refractivity contribution in [3.63, 3.8) is 0 Å². The van der Waals surface area contributed by atoms with Gasteiger partial charge in [0.25, 0.3) is 0 Å². The monoisotopic (exact) mass is 123 g/mol. The highest BCUT2D eigenvalue weighted by Gasteiger charge is 1.94. The van der Waals surface area contributed by atoms with Crippen LogP contribution in [-0.4, -0.2) is 0 Å². The van der Waals surface area contributed by atoms with Gasteiger partial charge < -0.3 is 0 Å². The molecule has 45 valence electrons. The summed E-state index contributed by atoms with van der Waals surface area (Å²) in [6.07, 6.45) is 0. The van der Waals surface area contributed by atoms with E-state index in [1.807, 2.05) is 0 Å². The Bertz CT molecular complexity index is 222. The molecule has 0 saturated heterocycles. The summed E-state index contributed by atoms with van der Waals surface area (Å²) in [7, 11) is 0. The van der Waals surface area contributed by atoms with E-state index in [4.69, 9.17) is 5.53 Å². The molecule has 0 unspecified atom stereocenters. The Hall–Kier alpha value is -1.25. The van der Waals surface area contributed by atoms with Crippen LogP contribution in [0.2, 0.25) is 0 Å². The van der Waals surface area contributed by atoms with Crippen LogP contribution in [0.25, 0.3) is 0 Å². The average molecular weight is 123 g/mol. The quantitative estimate of drug-likeness (QED) is 0.509. The first kappa shape index (κ1) is 5.88. The Balaban J connectivity index is 3.15. The van der Waals surface area contributed by atoms with Crippen LogP contribution in [-0.2, 0) is 0 Å². The third-order valence-corrected chi connectivity index (χ3v) is 0.960. The summed E-state index contributed by atoms with van der Waals surface area (Å²) in [5.41, 5.74) is 8.07. The third-order valence-electron chi connectivity index (χ3n) is 0.960. The standard InChI is InChI=1S/C6H4FN2/c7-5-3-1-2-4-6(5)9-8/h1-4H. The van der Waals surface area contributed by atoms with E-state index in [9.17, 15) is 4.39 Å². The lowest BCUT2D eigenvalue weighted by Crippen LogP contribution is -1.71. The van der Waals surface area contributed by atoms with Crippen molar-refractivity contribution >= 4 is 5.69 Å². The molecular weight excluding hydrogens is 119 g/mol. The highest BCUT2D eigenvalue weighted by atomic mass is 19.1. The van der Waals surface area contributed by atoms with E-state index in [-0.39, 0.29) is 5.69 Å². The molecule has 0 amide bonds. The first-order chi connectivity index (χ1) is 4.34. The largest absolute Gasteiger partial charge is 0.205 e. The van der Waals surface area contributed by atoms with Crippen molar-refractivity contribution in [3.8, 4) is 0 Å². The summed E-state index contributed by atoms with van der Waals surface area (Å²) >= 11 is 0. The second kappa shape index (κ2) is 2.35. The molecule has 1 aromatic carbocycles. The SMILES string of the molecule is [N]=Nc1ccccc1F. The van der Waals surface area contributed by atoms with E-state index in [0.29, 0.717) is 0 Å². The molecule has 1 rings (SSSR count). The van der Waals surface area contributed by atoms with Crippen LogP contribution in [0.4, 0.5) is 10.1 Å². The molecule has 0 bridgehead atoms. The van der Waals surface area contributed by atoms with Crippen LogP contribution >= 0.6 is 0 Å². The van der Waals surface area contributed by atoms with Gasteiger partial charge in [-0.15, -0.1) is 5.11 Å². The van der Waals surface area contributed by atoms with Crippen molar-refractivity contribution in [1.29, 1.82) is 0 Å². The summed E-state index contributed by atoms with van der Waals surface area (Å²) in [4.78, 5) is 0. The lowest BCUT2D eigenvalue weighted by Gasteiger charge is -1.88. The van der Waals surface area contributed by atoms with Gasteiger partial charge in [-0.2, -0.15) is 0 Å². The van der Waals surface area contributed by atoms with Crippen LogP contribution in [0.3, 0.4) is 0 Å². The van der Waals surface area contributed by atoms with Gasteiger partial charge in [0.2, 0.25) is 0 Å². The van der Waals surface area contributed by atoms with E-state index in [0.717, 1.165) is 0 Å². The predicted molar refractivity (Wildman–Crippen MR) is 30.6 cm³/mol. The fraction of sp³-hybridized carbons (Fsp3) is 0. The Kier molecular flexibility index (Phi) is 1.53. The molecule has 0 heterocycles. The molecule has 0 N–H and O–H groups in total. The van der Waals surface area contributed by atoms with Crippen LogP contribution in [0.1, 0.15) is 0 Å². The number of halogens is 1. The summed E-state index contributed by atoms with van der Waals surface area (Å²) < 4.78 is 12.3. The molecule has 0 aliphatic carbocycles. The van der Waals surface area contributed by atoms with Gasteiger partial charge in [-0.05, 0) is 17.7 Å². The zero-order chi connectivity index (χ0) is 6.69. The van der Waals surface area contributed by atoms with Gasteiger partial charge >= 0.3 is 0 Å². The molecule has 9 heavy (non-hydrogen) atoms. The molecule has 0 aliphatic heterocycles. The van der Waals surface area contributed by atoms with E-state index in [2.05, 4.69) is 5.11 Å². The van der Waals surface area contributed by atoms with Gasteiger partial charge in [-0.1, -0.05) is 12.1 Å². The number of benzene rings is 1. The van der Waals surface area contributed by atoms with Crippen molar-refractivity contribution in [1.82, 2.24) is 5.53 Å². The molecule has 3 heteroatoms. The van der Waals surface area contributed by atoms with Crippen molar-refractivity contribution < 1.29 is 4.39 Å². The van der Waals surface area contributed by atoms with Crippen LogP contribution in [0.5, 0.6) is 0 Å². The van der Waals surface area contributed by atoms with Gasteiger partial charge in [-0.25, -0.2) is 4.39 Å². The van der Waals surface area contributed by atoms with E-state index < -0.39 is 5.82 Å². The minimum Gasteiger partial charge on any atom is -0.205 e. The molecule has 1 aromatic rings. The molecule has 0 aliphatic rings. The lowest BCUT2D eigenvalue weighted by molar-refractivity contribution is 0.628. The van der Waals surface area contributed by atoms with Gasteiger partial charge in [0.15, 0.2) is 5.82 Å². The molecule has 0 aromatic heterocycles. The first-order valence-electron chi connectivity index (χ1n) is 2.44. The number of nitrogens with zero attached hydrogens (tertiary/aromatic N) is 2. The minimum absolute atomic E-state index is 0.0301. The maximum atomic E-state index is 12.3. The molecular formula is C6H4FN2. The van der Waals surface area contributed by atoms with E-state index >= 15 is 0 Å². The van der Waals surface area contributed by atoms with Crippen molar-refractivity contribution in [2.75, 3.05) is 0 Å². The summed E-state index contributed by atoms with van der Waals surface area (Å²) in [5.74, 6) is -0.514. The van der Waals surface area contributed by atoms with Crippen LogP contribution in [0.15, 0.2) is 29.4 Å². The van der Waals surface area contributed by atoms with Gasteiger partial charge in [-0.3, -0.25) is 0 Å². The van der Waals surface area contributed by atoms with E-state index in [1.54, 1.807) is 6.07 Å². The number of hydrogen-bond donors (Lipinski definition) is 0. The zero-order valence-electron chi connectivity index (χ0n) is 4.58. The lowest BCUT2D eigenvalue weighted by atomic mass is 10.3. The fourth-order valence-electron chi connectivity index (χ4n) is 0.533. The average Bonchev–Trinajstić information content (AvgIpc) is 1.89. The maximum absolute atomic E-state index is 12.3. The Morgan fingerprint density at radius 1 is 1.33 bits per heavy atom. The maximum Gasteiger partial charge on any atom is 0.150 e. The van der Waals surface area contributed by atoms with Gasteiger partial charge in [0, 0.05) is 0 Å². The predicted octanol–water partition coefficient (Wildman–Crippen LogP) is 1.71. The second-order valence-corrected chi connectivity index (χ2v) is 1.55. The Labute approximate surface area is 51.8 Å². The summed E-state index contributed by atoms with van der Waals surface area (Å²) in [5, 5.41) is 2.70. The molecule has 0 spiro atoms. The minimum atomic E-state index is -0.514. The van der Waals surface area contributed by atoms with Crippen molar-refractivity contribution in [2.24, 2.45) is 5.11 Å². The van der Waals surface area contributed by atoms with Crippen LogP contribution in [0, 0.1) is 5.82 Å². The van der Waals surface area contributed by atoms with Crippen molar-refractivity contribution in [2.45, 2.75) is 0 Å². The molecule has 0 atom stereocenters. The smallest absolute Gasteiger partial charge is 0.150 e. The molecule has 1 radical (unpaired) electrons. The zero-order valence-corrected chi connectivity index (χ0v) is 4.58. The molecule has 0 saturated carbocycles. The molecule has 0 fully saturated rings. The van der Waals surface area contributed by atoms with Gasteiger partial charge in [0.1, 0.15) is 5.69 Å². The number of hydrogen-bond acceptors (Lipinski definition) is 1.